The Hall–Kier alpha value is -3.39. The number of amides is 3. The molecule has 2 heterocycles. The second-order valence-corrected chi connectivity index (χ2v) is 8.07. The zero-order valence-electron chi connectivity index (χ0n) is 17.4. The van der Waals surface area contributed by atoms with Crippen molar-refractivity contribution >= 4 is 46.0 Å². The van der Waals surface area contributed by atoms with E-state index in [1.165, 1.54) is 22.5 Å². The number of aromatic nitrogens is 1. The summed E-state index contributed by atoms with van der Waals surface area (Å²) in [5.41, 5.74) is 1.47. The summed E-state index contributed by atoms with van der Waals surface area (Å²) in [4.78, 5) is 39.1. The average Bonchev–Trinajstić information content (AvgIpc) is 3.40. The predicted octanol–water partition coefficient (Wildman–Crippen LogP) is 4.41. The Morgan fingerprint density at radius 3 is 2.72 bits per heavy atom. The van der Waals surface area contributed by atoms with E-state index < -0.39 is 17.9 Å². The zero-order chi connectivity index (χ0) is 22.8. The lowest BCUT2D eigenvalue weighted by atomic mass is 10.2. The van der Waals surface area contributed by atoms with Crippen LogP contribution in [0.4, 0.5) is 14.9 Å². The second kappa shape index (κ2) is 9.00. The number of fused-ring (bicyclic) bond motifs is 1. The zero-order valence-corrected chi connectivity index (χ0v) is 18.2. The van der Waals surface area contributed by atoms with Crippen molar-refractivity contribution in [2.24, 2.45) is 0 Å². The smallest absolute Gasteiger partial charge is 0.318 e. The molecule has 3 aromatic rings. The topological polar surface area (TPSA) is 83.4 Å². The first-order valence-corrected chi connectivity index (χ1v) is 10.6. The Bertz CT molecular complexity index is 1210. The Labute approximate surface area is 189 Å². The largest absolute Gasteiger partial charge is 0.334 e. The van der Waals surface area contributed by atoms with Crippen LogP contribution in [0.5, 0.6) is 0 Å². The standard InChI is InChI=1S/C23H22ClFN4O3/c1-14(30)29-13-18(16-7-2-3-9-19(16)29)27-22(31)20-10-5-11-28(20)23(32)26-12-15-6-4-8-17(24)21(15)25/h2-4,6-9,13,20H,5,10-12H2,1H3,(H,26,32)(H,27,31)/t20-/m0/s1. The summed E-state index contributed by atoms with van der Waals surface area (Å²) in [6.45, 7) is 1.82. The van der Waals surface area contributed by atoms with E-state index in [1.807, 2.05) is 18.2 Å². The molecule has 4 rings (SSSR count). The Kier molecular flexibility index (Phi) is 6.14. The maximum absolute atomic E-state index is 14.1. The molecule has 0 bridgehead atoms. The van der Waals surface area contributed by atoms with Crippen molar-refractivity contribution in [2.45, 2.75) is 32.4 Å². The number of hydrogen-bond donors (Lipinski definition) is 2. The molecule has 0 radical (unpaired) electrons. The summed E-state index contributed by atoms with van der Waals surface area (Å²) in [5, 5.41) is 6.26. The number of nitrogens with one attached hydrogen (secondary N) is 2. The lowest BCUT2D eigenvalue weighted by Crippen LogP contribution is -2.47. The number of likely N-dealkylation sites (tertiary alicyclic amines) is 1. The molecular weight excluding hydrogens is 435 g/mol. The number of carbonyl (C=O) groups is 3. The number of urea groups is 1. The highest BCUT2D eigenvalue weighted by atomic mass is 35.5. The molecule has 0 spiro atoms. The van der Waals surface area contributed by atoms with Crippen molar-refractivity contribution in [3.05, 3.63) is 65.1 Å². The van der Waals surface area contributed by atoms with Gasteiger partial charge >= 0.3 is 6.03 Å². The average molecular weight is 457 g/mol. The molecule has 32 heavy (non-hydrogen) atoms. The number of hydrogen-bond acceptors (Lipinski definition) is 3. The van der Waals surface area contributed by atoms with Gasteiger partial charge in [-0.25, -0.2) is 9.18 Å². The molecule has 0 aliphatic carbocycles. The highest BCUT2D eigenvalue weighted by Crippen LogP contribution is 2.27. The van der Waals surface area contributed by atoms with Crippen LogP contribution in [0.1, 0.15) is 30.1 Å². The maximum Gasteiger partial charge on any atom is 0.318 e. The van der Waals surface area contributed by atoms with Gasteiger partial charge in [0.05, 0.1) is 16.2 Å². The summed E-state index contributed by atoms with van der Waals surface area (Å²) < 4.78 is 15.6. The van der Waals surface area contributed by atoms with Crippen LogP contribution in [0, 0.1) is 5.82 Å². The van der Waals surface area contributed by atoms with Gasteiger partial charge in [-0.1, -0.05) is 41.9 Å². The molecular formula is C23H22ClFN4O3. The molecule has 9 heteroatoms. The van der Waals surface area contributed by atoms with Crippen LogP contribution < -0.4 is 10.6 Å². The highest BCUT2D eigenvalue weighted by molar-refractivity contribution is 6.30. The number of carbonyl (C=O) groups excluding carboxylic acids is 3. The molecule has 0 unspecified atom stereocenters. The number of para-hydroxylation sites is 1. The first kappa shape index (κ1) is 21.8. The van der Waals surface area contributed by atoms with Crippen LogP contribution in [-0.2, 0) is 11.3 Å². The molecule has 1 aromatic heterocycles. The van der Waals surface area contributed by atoms with E-state index in [0.29, 0.717) is 30.6 Å². The number of halogens is 2. The van der Waals surface area contributed by atoms with Crippen LogP contribution in [0.2, 0.25) is 5.02 Å². The minimum Gasteiger partial charge on any atom is -0.334 e. The van der Waals surface area contributed by atoms with Gasteiger partial charge in [0.1, 0.15) is 11.9 Å². The van der Waals surface area contributed by atoms with Gasteiger partial charge in [0.15, 0.2) is 0 Å². The molecule has 166 valence electrons. The maximum atomic E-state index is 14.1. The van der Waals surface area contributed by atoms with Gasteiger partial charge in [-0.15, -0.1) is 0 Å². The Morgan fingerprint density at radius 2 is 1.94 bits per heavy atom. The van der Waals surface area contributed by atoms with Gasteiger partial charge in [0.2, 0.25) is 11.8 Å². The molecule has 7 nitrogen and oxygen atoms in total. The monoisotopic (exact) mass is 456 g/mol. The van der Waals surface area contributed by atoms with Crippen LogP contribution in [-0.4, -0.2) is 39.9 Å². The van der Waals surface area contributed by atoms with E-state index in [2.05, 4.69) is 10.6 Å². The fourth-order valence-electron chi connectivity index (χ4n) is 4.00. The normalized spacial score (nSPS) is 15.7. The SMILES string of the molecule is CC(=O)n1cc(NC(=O)[C@@H]2CCCN2C(=O)NCc2cccc(Cl)c2F)c2ccccc21. The summed E-state index contributed by atoms with van der Waals surface area (Å²) >= 11 is 5.79. The fourth-order valence-corrected chi connectivity index (χ4v) is 4.19. The van der Waals surface area contributed by atoms with Crippen molar-refractivity contribution in [3.8, 4) is 0 Å². The van der Waals surface area contributed by atoms with Gasteiger partial charge in [0, 0.05) is 37.2 Å². The first-order valence-electron chi connectivity index (χ1n) is 10.3. The van der Waals surface area contributed by atoms with Crippen molar-refractivity contribution in [3.63, 3.8) is 0 Å². The molecule has 0 saturated carbocycles. The third-order valence-electron chi connectivity index (χ3n) is 5.59. The van der Waals surface area contributed by atoms with Crippen LogP contribution in [0.25, 0.3) is 10.9 Å². The predicted molar refractivity (Wildman–Crippen MR) is 120 cm³/mol. The van der Waals surface area contributed by atoms with Gasteiger partial charge in [0.25, 0.3) is 0 Å². The minimum absolute atomic E-state index is 0.0140. The van der Waals surface area contributed by atoms with Crippen molar-refractivity contribution in [2.75, 3.05) is 11.9 Å². The molecule has 1 atom stereocenters. The molecule has 1 aliphatic heterocycles. The van der Waals surface area contributed by atoms with E-state index in [0.717, 1.165) is 5.39 Å². The van der Waals surface area contributed by atoms with Crippen molar-refractivity contribution in [1.29, 1.82) is 0 Å². The number of anilines is 1. The van der Waals surface area contributed by atoms with E-state index in [1.54, 1.807) is 24.4 Å². The molecule has 1 saturated heterocycles. The Balaban J connectivity index is 1.47. The summed E-state index contributed by atoms with van der Waals surface area (Å²) in [6, 6.07) is 10.7. The first-order chi connectivity index (χ1) is 15.4. The molecule has 3 amide bonds. The summed E-state index contributed by atoms with van der Waals surface area (Å²) in [7, 11) is 0. The molecule has 2 aromatic carbocycles. The number of rotatable bonds is 4. The van der Waals surface area contributed by atoms with Gasteiger partial charge < -0.3 is 15.5 Å². The summed E-state index contributed by atoms with van der Waals surface area (Å²) in [6.07, 6.45) is 2.77. The quantitative estimate of drug-likeness (QED) is 0.610. The second-order valence-electron chi connectivity index (χ2n) is 7.66. The molecule has 1 aliphatic rings. The number of nitrogens with zero attached hydrogens (tertiary/aromatic N) is 2. The third kappa shape index (κ3) is 4.18. The van der Waals surface area contributed by atoms with E-state index in [-0.39, 0.29) is 28.9 Å². The van der Waals surface area contributed by atoms with E-state index in [9.17, 15) is 18.8 Å². The fraction of sp³-hybridized carbons (Fsp3) is 0.261. The van der Waals surface area contributed by atoms with Crippen molar-refractivity contribution in [1.82, 2.24) is 14.8 Å². The Morgan fingerprint density at radius 1 is 1.16 bits per heavy atom. The summed E-state index contributed by atoms with van der Waals surface area (Å²) in [5.74, 6) is -1.08. The molecule has 1 fully saturated rings. The van der Waals surface area contributed by atoms with Gasteiger partial charge in [-0.3, -0.25) is 14.2 Å². The van der Waals surface area contributed by atoms with Gasteiger partial charge in [-0.2, -0.15) is 0 Å². The lowest BCUT2D eigenvalue weighted by molar-refractivity contribution is -0.119. The van der Waals surface area contributed by atoms with Crippen molar-refractivity contribution < 1.29 is 18.8 Å². The van der Waals surface area contributed by atoms with Gasteiger partial charge in [-0.05, 0) is 25.0 Å². The highest BCUT2D eigenvalue weighted by Gasteiger charge is 2.34. The number of benzene rings is 2. The molecule has 2 N–H and O–H groups in total. The van der Waals surface area contributed by atoms with E-state index in [4.69, 9.17) is 11.6 Å². The lowest BCUT2D eigenvalue weighted by Gasteiger charge is -2.24. The van der Waals surface area contributed by atoms with Crippen LogP contribution in [0.3, 0.4) is 0 Å². The van der Waals surface area contributed by atoms with Crippen LogP contribution in [0.15, 0.2) is 48.7 Å². The van der Waals surface area contributed by atoms with E-state index >= 15 is 0 Å². The minimum atomic E-state index is -0.668. The third-order valence-corrected chi connectivity index (χ3v) is 5.88. The van der Waals surface area contributed by atoms with Crippen LogP contribution >= 0.6 is 11.6 Å².